The van der Waals surface area contributed by atoms with E-state index in [2.05, 4.69) is 5.32 Å². The maximum absolute atomic E-state index is 13.1. The minimum atomic E-state index is -0.765. The summed E-state index contributed by atoms with van der Waals surface area (Å²) in [5.74, 6) is -0.865. The number of ether oxygens (including phenoxy) is 1. The topological polar surface area (TPSA) is 58.6 Å². The Morgan fingerprint density at radius 1 is 1.53 bits per heavy atom. The molecule has 0 aliphatic heterocycles. The van der Waals surface area contributed by atoms with E-state index in [-0.39, 0.29) is 18.7 Å². The molecule has 0 saturated carbocycles. The van der Waals surface area contributed by atoms with Crippen molar-refractivity contribution >= 4 is 5.91 Å². The highest BCUT2D eigenvalue weighted by molar-refractivity contribution is 5.94. The first-order valence-corrected chi connectivity index (χ1v) is 5.25. The quantitative estimate of drug-likeness (QED) is 0.804. The number of nitrogens with one attached hydrogen (secondary N) is 1. The predicted molar refractivity (Wildman–Crippen MR) is 61.4 cm³/mol. The summed E-state index contributed by atoms with van der Waals surface area (Å²) in [7, 11) is 1.46. The molecule has 0 aliphatic rings. The summed E-state index contributed by atoms with van der Waals surface area (Å²) < 4.78 is 17.8. The van der Waals surface area contributed by atoms with Gasteiger partial charge in [0, 0.05) is 19.2 Å². The molecule has 1 atom stereocenters. The summed E-state index contributed by atoms with van der Waals surface area (Å²) in [6.07, 6.45) is -0.765. The normalized spacial score (nSPS) is 12.2. The summed E-state index contributed by atoms with van der Waals surface area (Å²) in [6, 6.07) is 4.09. The zero-order valence-electron chi connectivity index (χ0n) is 9.87. The molecule has 0 aliphatic carbocycles. The van der Waals surface area contributed by atoms with Gasteiger partial charge in [0.05, 0.1) is 12.7 Å². The van der Waals surface area contributed by atoms with E-state index in [4.69, 9.17) is 4.74 Å². The van der Waals surface area contributed by atoms with Crippen molar-refractivity contribution in [1.29, 1.82) is 0 Å². The molecule has 5 heteroatoms. The van der Waals surface area contributed by atoms with Crippen LogP contribution in [0.5, 0.6) is 0 Å². The molecule has 4 nitrogen and oxygen atoms in total. The molecule has 17 heavy (non-hydrogen) atoms. The maximum Gasteiger partial charge on any atom is 0.251 e. The van der Waals surface area contributed by atoms with Gasteiger partial charge in [0.25, 0.3) is 5.91 Å². The zero-order valence-corrected chi connectivity index (χ0v) is 9.87. The first-order valence-electron chi connectivity index (χ1n) is 5.25. The highest BCUT2D eigenvalue weighted by Crippen LogP contribution is 2.08. The van der Waals surface area contributed by atoms with Gasteiger partial charge in [-0.2, -0.15) is 0 Å². The van der Waals surface area contributed by atoms with E-state index in [1.807, 2.05) is 0 Å². The summed E-state index contributed by atoms with van der Waals surface area (Å²) in [6.45, 7) is 1.92. The Hall–Kier alpha value is -1.46. The molecule has 0 spiro atoms. The number of amides is 1. The molecule has 94 valence electrons. The smallest absolute Gasteiger partial charge is 0.251 e. The standard InChI is InChI=1S/C12H16FNO3/c1-8-3-9(5-10(13)4-8)12(16)14-6-11(15)7-17-2/h3-5,11,15H,6-7H2,1-2H3,(H,14,16). The average Bonchev–Trinajstić information content (AvgIpc) is 2.25. The Balaban J connectivity index is 2.58. The number of carbonyl (C=O) groups is 1. The number of aliphatic hydroxyl groups is 1. The average molecular weight is 241 g/mol. The van der Waals surface area contributed by atoms with Gasteiger partial charge in [-0.1, -0.05) is 0 Å². The van der Waals surface area contributed by atoms with E-state index in [1.165, 1.54) is 13.2 Å². The van der Waals surface area contributed by atoms with E-state index < -0.39 is 17.8 Å². The van der Waals surface area contributed by atoms with Crippen LogP contribution in [-0.2, 0) is 4.74 Å². The second-order valence-corrected chi connectivity index (χ2v) is 3.84. The Morgan fingerprint density at radius 2 is 2.24 bits per heavy atom. The van der Waals surface area contributed by atoms with Crippen molar-refractivity contribution in [3.05, 3.63) is 35.1 Å². The second-order valence-electron chi connectivity index (χ2n) is 3.84. The molecule has 0 fully saturated rings. The first-order chi connectivity index (χ1) is 8.02. The molecule has 0 saturated heterocycles. The largest absolute Gasteiger partial charge is 0.389 e. The zero-order chi connectivity index (χ0) is 12.8. The van der Waals surface area contributed by atoms with Crippen LogP contribution in [0.15, 0.2) is 18.2 Å². The van der Waals surface area contributed by atoms with Gasteiger partial charge in [-0.25, -0.2) is 4.39 Å². The Labute approximate surface area is 99.4 Å². The van der Waals surface area contributed by atoms with Crippen LogP contribution in [0.3, 0.4) is 0 Å². The van der Waals surface area contributed by atoms with Crippen molar-refractivity contribution in [2.75, 3.05) is 20.3 Å². The van der Waals surface area contributed by atoms with Crippen molar-refractivity contribution in [2.24, 2.45) is 0 Å². The van der Waals surface area contributed by atoms with Crippen LogP contribution in [0.2, 0.25) is 0 Å². The predicted octanol–water partition coefficient (Wildman–Crippen LogP) is 0.871. The van der Waals surface area contributed by atoms with E-state index in [1.54, 1.807) is 13.0 Å². The molecule has 1 aromatic carbocycles. The maximum atomic E-state index is 13.1. The number of aryl methyl sites for hydroxylation is 1. The van der Waals surface area contributed by atoms with E-state index in [9.17, 15) is 14.3 Å². The minimum absolute atomic E-state index is 0.0717. The third kappa shape index (κ3) is 4.50. The monoisotopic (exact) mass is 241 g/mol. The van der Waals surface area contributed by atoms with Crippen molar-refractivity contribution in [2.45, 2.75) is 13.0 Å². The molecule has 1 aromatic rings. The number of rotatable bonds is 5. The number of hydrogen-bond acceptors (Lipinski definition) is 3. The van der Waals surface area contributed by atoms with Crippen molar-refractivity contribution in [1.82, 2.24) is 5.32 Å². The van der Waals surface area contributed by atoms with Gasteiger partial charge in [0.2, 0.25) is 0 Å². The molecule has 0 heterocycles. The van der Waals surface area contributed by atoms with Crippen molar-refractivity contribution in [3.63, 3.8) is 0 Å². The van der Waals surface area contributed by atoms with Crippen molar-refractivity contribution in [3.8, 4) is 0 Å². The van der Waals surface area contributed by atoms with Gasteiger partial charge in [0.15, 0.2) is 0 Å². The fourth-order valence-corrected chi connectivity index (χ4v) is 1.43. The molecule has 1 amide bonds. The summed E-state index contributed by atoms with van der Waals surface area (Å²) in [5, 5.41) is 11.8. The van der Waals surface area contributed by atoms with Gasteiger partial charge >= 0.3 is 0 Å². The summed E-state index contributed by atoms with van der Waals surface area (Å²) >= 11 is 0. The Kier molecular flexibility index (Phi) is 5.06. The van der Waals surface area contributed by atoms with Gasteiger partial charge in [0.1, 0.15) is 5.82 Å². The number of halogens is 1. The molecule has 0 aromatic heterocycles. The molecular weight excluding hydrogens is 225 g/mol. The summed E-state index contributed by atoms with van der Waals surface area (Å²) in [4.78, 5) is 11.6. The van der Waals surface area contributed by atoms with Gasteiger partial charge in [-0.15, -0.1) is 0 Å². The third-order valence-corrected chi connectivity index (χ3v) is 2.16. The highest BCUT2D eigenvalue weighted by Gasteiger charge is 2.10. The Morgan fingerprint density at radius 3 is 2.82 bits per heavy atom. The molecule has 1 rings (SSSR count). The fourth-order valence-electron chi connectivity index (χ4n) is 1.43. The van der Waals surface area contributed by atoms with Crippen LogP contribution < -0.4 is 5.32 Å². The number of aliphatic hydroxyl groups excluding tert-OH is 1. The van der Waals surface area contributed by atoms with Gasteiger partial charge in [-0.3, -0.25) is 4.79 Å². The van der Waals surface area contributed by atoms with E-state index in [0.717, 1.165) is 6.07 Å². The second kappa shape index (κ2) is 6.32. The van der Waals surface area contributed by atoms with Crippen LogP contribution in [-0.4, -0.2) is 37.4 Å². The molecule has 0 radical (unpaired) electrons. The van der Waals surface area contributed by atoms with Gasteiger partial charge in [-0.05, 0) is 30.7 Å². The molecule has 1 unspecified atom stereocenters. The van der Waals surface area contributed by atoms with Crippen LogP contribution in [0.25, 0.3) is 0 Å². The SMILES string of the molecule is COCC(O)CNC(=O)c1cc(C)cc(F)c1. The molecule has 0 bridgehead atoms. The third-order valence-electron chi connectivity index (χ3n) is 2.16. The van der Waals surface area contributed by atoms with E-state index in [0.29, 0.717) is 5.56 Å². The lowest BCUT2D eigenvalue weighted by atomic mass is 10.1. The van der Waals surface area contributed by atoms with Gasteiger partial charge < -0.3 is 15.2 Å². The lowest BCUT2D eigenvalue weighted by Gasteiger charge is -2.11. The van der Waals surface area contributed by atoms with Crippen LogP contribution in [0, 0.1) is 12.7 Å². The highest BCUT2D eigenvalue weighted by atomic mass is 19.1. The van der Waals surface area contributed by atoms with Crippen LogP contribution in [0.1, 0.15) is 15.9 Å². The lowest BCUT2D eigenvalue weighted by molar-refractivity contribution is 0.0609. The van der Waals surface area contributed by atoms with Crippen LogP contribution >= 0.6 is 0 Å². The molecular formula is C12H16FNO3. The first kappa shape index (κ1) is 13.6. The minimum Gasteiger partial charge on any atom is -0.389 e. The number of carbonyl (C=O) groups excluding carboxylic acids is 1. The number of hydrogen-bond donors (Lipinski definition) is 2. The Bertz CT molecular complexity index is 375. The number of benzene rings is 1. The number of methoxy groups -OCH3 is 1. The van der Waals surface area contributed by atoms with Crippen LogP contribution in [0.4, 0.5) is 4.39 Å². The summed E-state index contributed by atoms with van der Waals surface area (Å²) in [5.41, 5.74) is 0.916. The molecule has 2 N–H and O–H groups in total. The van der Waals surface area contributed by atoms with Crippen molar-refractivity contribution < 1.29 is 19.0 Å². The van der Waals surface area contributed by atoms with E-state index >= 15 is 0 Å². The lowest BCUT2D eigenvalue weighted by Crippen LogP contribution is -2.34. The fraction of sp³-hybridized carbons (Fsp3) is 0.417.